The number of ether oxygens (including phenoxy) is 1. The summed E-state index contributed by atoms with van der Waals surface area (Å²) in [6.45, 7) is 8.56. The van der Waals surface area contributed by atoms with Crippen LogP contribution in [0.4, 0.5) is 33.6 Å². The highest BCUT2D eigenvalue weighted by Crippen LogP contribution is 2.51. The van der Waals surface area contributed by atoms with E-state index in [4.69, 9.17) is 22.1 Å². The predicted molar refractivity (Wildman–Crippen MR) is 157 cm³/mol. The Balaban J connectivity index is 1.23. The van der Waals surface area contributed by atoms with E-state index in [1.165, 1.54) is 16.6 Å². The molecule has 1 aromatic heterocycles. The van der Waals surface area contributed by atoms with Gasteiger partial charge in [-0.2, -0.15) is 4.98 Å². The average molecular weight is 553 g/mol. The molecule has 2 fully saturated rings. The maximum absolute atomic E-state index is 11.0. The van der Waals surface area contributed by atoms with E-state index >= 15 is 0 Å². The number of aryl methyl sites for hydroxylation is 1. The number of benzene rings is 2. The number of primary amides is 1. The molecule has 1 amide bonds. The zero-order valence-corrected chi connectivity index (χ0v) is 23.6. The van der Waals surface area contributed by atoms with Crippen molar-refractivity contribution in [3.63, 3.8) is 0 Å². The Hall–Kier alpha value is -3.09. The summed E-state index contributed by atoms with van der Waals surface area (Å²) in [4.78, 5) is 22.5. The van der Waals surface area contributed by atoms with Crippen LogP contribution in [0.2, 0.25) is 5.02 Å². The zero-order valence-electron chi connectivity index (χ0n) is 22.0. The topological polar surface area (TPSA) is 105 Å². The summed E-state index contributed by atoms with van der Waals surface area (Å²) < 4.78 is 5.16. The fraction of sp³-hybridized carbons (Fsp3) is 0.393. The Labute approximate surface area is 230 Å². The maximum Gasteiger partial charge on any atom is 0.404 e. The molecular weight excluding hydrogens is 519 g/mol. The third-order valence-corrected chi connectivity index (χ3v) is 9.24. The van der Waals surface area contributed by atoms with Gasteiger partial charge in [0, 0.05) is 30.2 Å². The first kappa shape index (κ1) is 26.5. The quantitative estimate of drug-likeness (QED) is 0.302. The first-order valence-corrected chi connectivity index (χ1v) is 15.5. The second-order valence-corrected chi connectivity index (χ2v) is 13.2. The van der Waals surface area contributed by atoms with Crippen LogP contribution in [0, 0.1) is 12.3 Å². The van der Waals surface area contributed by atoms with Crippen molar-refractivity contribution in [1.82, 2.24) is 9.97 Å². The van der Waals surface area contributed by atoms with Gasteiger partial charge in [-0.3, -0.25) is 0 Å². The smallest absolute Gasteiger partial charge is 0.404 e. The minimum absolute atomic E-state index is 0.0113. The first-order chi connectivity index (χ1) is 18.2. The molecule has 5 rings (SSSR count). The second-order valence-electron chi connectivity index (χ2n) is 10.5. The fourth-order valence-corrected chi connectivity index (χ4v) is 6.75. The SMILES string of the molecule is Cc1cc(Nc2ncc(Cl)c(Nc3ccccc3P(C)C)n2)ccc1N1CCC2(CC1)CC(OC(N)=O)C2. The summed E-state index contributed by atoms with van der Waals surface area (Å²) in [6, 6.07) is 14.6. The van der Waals surface area contributed by atoms with Gasteiger partial charge in [0.25, 0.3) is 0 Å². The Kier molecular flexibility index (Phi) is 7.64. The Morgan fingerprint density at radius 3 is 2.58 bits per heavy atom. The summed E-state index contributed by atoms with van der Waals surface area (Å²) in [7, 11) is -0.282. The molecule has 0 radical (unpaired) electrons. The maximum atomic E-state index is 11.0. The van der Waals surface area contributed by atoms with Gasteiger partial charge in [0.2, 0.25) is 5.95 Å². The number of carbonyl (C=O) groups excluding carboxylic acids is 1. The van der Waals surface area contributed by atoms with Crippen LogP contribution in [0.25, 0.3) is 0 Å². The lowest BCUT2D eigenvalue weighted by molar-refractivity contribution is -0.0521. The van der Waals surface area contributed by atoms with Crippen LogP contribution in [0.3, 0.4) is 0 Å². The highest BCUT2D eigenvalue weighted by molar-refractivity contribution is 7.64. The molecule has 38 heavy (non-hydrogen) atoms. The van der Waals surface area contributed by atoms with Crippen LogP contribution in [0.15, 0.2) is 48.7 Å². The van der Waals surface area contributed by atoms with Gasteiger partial charge in [0.15, 0.2) is 5.82 Å². The molecule has 1 spiro atoms. The number of amides is 1. The Morgan fingerprint density at radius 1 is 1.16 bits per heavy atom. The summed E-state index contributed by atoms with van der Waals surface area (Å²) in [5.41, 5.74) is 9.82. The molecular formula is C28H34ClN6O2P. The number of hydrogen-bond donors (Lipinski definition) is 3. The largest absolute Gasteiger partial charge is 0.446 e. The molecule has 1 aliphatic carbocycles. The average Bonchev–Trinajstić information content (AvgIpc) is 2.86. The molecule has 0 unspecified atom stereocenters. The minimum atomic E-state index is -0.666. The summed E-state index contributed by atoms with van der Waals surface area (Å²) in [6.07, 6.45) is 4.98. The van der Waals surface area contributed by atoms with Crippen LogP contribution in [0.1, 0.15) is 31.2 Å². The molecule has 200 valence electrons. The van der Waals surface area contributed by atoms with Gasteiger partial charge in [-0.25, -0.2) is 9.78 Å². The normalized spacial score (nSPS) is 16.8. The van der Waals surface area contributed by atoms with Crippen LogP contribution < -0.4 is 26.6 Å². The molecule has 10 heteroatoms. The molecule has 0 bridgehead atoms. The van der Waals surface area contributed by atoms with E-state index in [9.17, 15) is 4.79 Å². The Bertz CT molecular complexity index is 1320. The number of carbonyl (C=O) groups is 1. The second kappa shape index (κ2) is 11.0. The van der Waals surface area contributed by atoms with Gasteiger partial charge in [0.05, 0.1) is 6.20 Å². The fourth-order valence-electron chi connectivity index (χ4n) is 5.61. The number of anilines is 5. The molecule has 2 aromatic carbocycles. The van der Waals surface area contributed by atoms with Gasteiger partial charge >= 0.3 is 6.09 Å². The number of nitrogens with one attached hydrogen (secondary N) is 2. The Morgan fingerprint density at radius 2 is 1.89 bits per heavy atom. The molecule has 2 aliphatic rings. The third kappa shape index (κ3) is 5.82. The lowest BCUT2D eigenvalue weighted by Crippen LogP contribution is -2.50. The predicted octanol–water partition coefficient (Wildman–Crippen LogP) is 6.14. The van der Waals surface area contributed by atoms with Gasteiger partial charge in [-0.05, 0) is 86.5 Å². The summed E-state index contributed by atoms with van der Waals surface area (Å²) in [5.74, 6) is 1.05. The molecule has 8 nitrogen and oxygen atoms in total. The first-order valence-electron chi connectivity index (χ1n) is 12.9. The van der Waals surface area contributed by atoms with Crippen molar-refractivity contribution in [2.45, 2.75) is 38.7 Å². The number of para-hydroxylation sites is 1. The van der Waals surface area contributed by atoms with Crippen LogP contribution in [-0.2, 0) is 4.74 Å². The van der Waals surface area contributed by atoms with Gasteiger partial charge in [-0.15, -0.1) is 0 Å². The van der Waals surface area contributed by atoms with Crippen LogP contribution >= 0.6 is 19.5 Å². The van der Waals surface area contributed by atoms with Crippen molar-refractivity contribution < 1.29 is 9.53 Å². The molecule has 2 heterocycles. The van der Waals surface area contributed by atoms with Crippen molar-refractivity contribution in [3.05, 3.63) is 59.2 Å². The summed E-state index contributed by atoms with van der Waals surface area (Å²) in [5, 5.41) is 8.46. The van der Waals surface area contributed by atoms with Crippen molar-refractivity contribution in [2.24, 2.45) is 11.1 Å². The highest BCUT2D eigenvalue weighted by Gasteiger charge is 2.47. The number of nitrogens with two attached hydrogens (primary N) is 1. The van der Waals surface area contributed by atoms with E-state index in [1.54, 1.807) is 6.20 Å². The van der Waals surface area contributed by atoms with Gasteiger partial charge in [-0.1, -0.05) is 37.7 Å². The number of hydrogen-bond acceptors (Lipinski definition) is 7. The number of halogens is 1. The number of rotatable bonds is 7. The van der Waals surface area contributed by atoms with E-state index in [0.717, 1.165) is 50.1 Å². The van der Waals surface area contributed by atoms with E-state index in [-0.39, 0.29) is 14.0 Å². The minimum Gasteiger partial charge on any atom is -0.446 e. The third-order valence-electron chi connectivity index (χ3n) is 7.60. The van der Waals surface area contributed by atoms with Crippen molar-refractivity contribution >= 4 is 59.7 Å². The van der Waals surface area contributed by atoms with E-state index < -0.39 is 6.09 Å². The van der Waals surface area contributed by atoms with Crippen molar-refractivity contribution in [1.29, 1.82) is 0 Å². The number of piperidine rings is 1. The number of nitrogens with zero attached hydrogens (tertiary/aromatic N) is 3. The van der Waals surface area contributed by atoms with E-state index in [0.29, 0.717) is 22.2 Å². The summed E-state index contributed by atoms with van der Waals surface area (Å²) >= 11 is 6.43. The molecule has 1 aliphatic heterocycles. The monoisotopic (exact) mass is 552 g/mol. The van der Waals surface area contributed by atoms with Crippen molar-refractivity contribution in [2.75, 3.05) is 42.0 Å². The van der Waals surface area contributed by atoms with E-state index in [1.807, 2.05) is 12.1 Å². The molecule has 1 saturated heterocycles. The highest BCUT2D eigenvalue weighted by atomic mass is 35.5. The van der Waals surface area contributed by atoms with Gasteiger partial charge < -0.3 is 26.0 Å². The molecule has 1 saturated carbocycles. The van der Waals surface area contributed by atoms with Crippen LogP contribution in [-0.4, -0.2) is 48.6 Å². The molecule has 3 aromatic rings. The van der Waals surface area contributed by atoms with Crippen LogP contribution in [0.5, 0.6) is 0 Å². The standard InChI is InChI=1S/C28H34ClN6O2P/c1-18-14-19(8-9-23(18)35-12-10-28(11-13-35)15-20(16-28)37-26(30)36)32-27-31-17-21(29)25(34-27)33-22-6-4-5-7-24(22)38(2)3/h4-9,14,17,20H,10-13,15-16H2,1-3H3,(H2,30,36)(H2,31,32,33,34). The van der Waals surface area contributed by atoms with E-state index in [2.05, 4.69) is 76.1 Å². The number of aromatic nitrogens is 2. The van der Waals surface area contributed by atoms with Gasteiger partial charge in [0.1, 0.15) is 11.1 Å². The zero-order chi connectivity index (χ0) is 26.9. The van der Waals surface area contributed by atoms with Crippen molar-refractivity contribution in [3.8, 4) is 0 Å². The lowest BCUT2D eigenvalue weighted by Gasteiger charge is -2.51. The lowest BCUT2D eigenvalue weighted by atomic mass is 9.61. The molecule has 4 N–H and O–H groups in total. The molecule has 0 atom stereocenters.